The number of carbonyl (C=O) groups is 1. The van der Waals surface area contributed by atoms with Gasteiger partial charge in [0.1, 0.15) is 5.78 Å². The van der Waals surface area contributed by atoms with Crippen LogP contribution in [0.25, 0.3) is 0 Å². The van der Waals surface area contributed by atoms with Crippen molar-refractivity contribution in [1.29, 1.82) is 0 Å². The normalized spacial score (nSPS) is 27.9. The summed E-state index contributed by atoms with van der Waals surface area (Å²) in [7, 11) is 0. The topological polar surface area (TPSA) is 17.1 Å². The highest BCUT2D eigenvalue weighted by Gasteiger charge is 2.58. The quantitative estimate of drug-likeness (QED) is 0.508. The molecule has 1 nitrogen and oxygen atoms in total. The summed E-state index contributed by atoms with van der Waals surface area (Å²) in [6, 6.07) is 9.29. The largest absolute Gasteiger partial charge is 0.299 e. The first-order valence-electron chi connectivity index (χ1n) is 10.4. The minimum atomic E-state index is 0.206. The SMILES string of the molecule is CCCCCCC(C)(C)c1ccc(C2CC(=O)C3CC2C3(C)C)cc1. The van der Waals surface area contributed by atoms with Crippen molar-refractivity contribution in [2.24, 2.45) is 17.3 Å². The lowest BCUT2D eigenvalue weighted by atomic mass is 9.44. The van der Waals surface area contributed by atoms with Gasteiger partial charge in [0.2, 0.25) is 0 Å². The van der Waals surface area contributed by atoms with Gasteiger partial charge in [-0.25, -0.2) is 0 Å². The van der Waals surface area contributed by atoms with E-state index in [2.05, 4.69) is 58.9 Å². The Kier molecular flexibility index (Phi) is 5.15. The van der Waals surface area contributed by atoms with Gasteiger partial charge in [-0.1, -0.05) is 84.6 Å². The lowest BCUT2D eigenvalue weighted by Crippen LogP contribution is -2.56. The molecule has 25 heavy (non-hydrogen) atoms. The zero-order valence-electron chi connectivity index (χ0n) is 16.9. The number of rotatable bonds is 7. The molecule has 3 atom stereocenters. The third-order valence-electron chi connectivity index (χ3n) is 7.41. The molecule has 3 saturated carbocycles. The maximum Gasteiger partial charge on any atom is 0.137 e. The van der Waals surface area contributed by atoms with E-state index in [1.54, 1.807) is 0 Å². The molecule has 3 aliphatic carbocycles. The van der Waals surface area contributed by atoms with E-state index in [4.69, 9.17) is 0 Å². The lowest BCUT2D eigenvalue weighted by molar-refractivity contribution is -0.151. The molecule has 0 saturated heterocycles. The van der Waals surface area contributed by atoms with Crippen LogP contribution in [0.5, 0.6) is 0 Å². The van der Waals surface area contributed by atoms with Gasteiger partial charge >= 0.3 is 0 Å². The fourth-order valence-electron chi connectivity index (χ4n) is 5.36. The molecule has 0 N–H and O–H groups in total. The molecule has 1 aromatic carbocycles. The second-order valence-electron chi connectivity index (χ2n) is 9.81. The highest BCUT2D eigenvalue weighted by molar-refractivity contribution is 5.85. The molecule has 138 valence electrons. The Bertz CT molecular complexity index is 607. The van der Waals surface area contributed by atoms with Crippen LogP contribution in [0.1, 0.15) is 96.6 Å². The fraction of sp³-hybridized carbons (Fsp3) is 0.708. The van der Waals surface area contributed by atoms with Gasteiger partial charge in [0.15, 0.2) is 0 Å². The van der Waals surface area contributed by atoms with Crippen LogP contribution in [0.3, 0.4) is 0 Å². The average Bonchev–Trinajstić information content (AvgIpc) is 2.58. The highest BCUT2D eigenvalue weighted by atomic mass is 16.1. The van der Waals surface area contributed by atoms with Crippen LogP contribution in [0.4, 0.5) is 0 Å². The molecule has 0 aliphatic heterocycles. The Morgan fingerprint density at radius 2 is 1.76 bits per heavy atom. The zero-order chi connectivity index (χ0) is 18.2. The van der Waals surface area contributed by atoms with Crippen molar-refractivity contribution in [3.63, 3.8) is 0 Å². The molecule has 1 heteroatoms. The number of Topliss-reactive ketones (excluding diaryl/α,β-unsaturated/α-hetero) is 1. The number of hydrogen-bond donors (Lipinski definition) is 0. The van der Waals surface area contributed by atoms with Crippen LogP contribution in [0.2, 0.25) is 0 Å². The minimum Gasteiger partial charge on any atom is -0.299 e. The van der Waals surface area contributed by atoms with Crippen molar-refractivity contribution in [2.45, 2.75) is 90.9 Å². The van der Waals surface area contributed by atoms with E-state index in [1.165, 1.54) is 43.2 Å². The van der Waals surface area contributed by atoms with E-state index in [1.807, 2.05) is 0 Å². The van der Waals surface area contributed by atoms with Crippen LogP contribution in [-0.2, 0) is 10.2 Å². The average molecular weight is 341 g/mol. The van der Waals surface area contributed by atoms with Gasteiger partial charge in [-0.15, -0.1) is 0 Å². The smallest absolute Gasteiger partial charge is 0.137 e. The Morgan fingerprint density at radius 3 is 2.32 bits per heavy atom. The Hall–Kier alpha value is -1.11. The third kappa shape index (κ3) is 3.44. The van der Waals surface area contributed by atoms with E-state index < -0.39 is 0 Å². The molecule has 4 rings (SSSR count). The number of carbonyl (C=O) groups excluding carboxylic acids is 1. The van der Waals surface area contributed by atoms with Crippen molar-refractivity contribution in [1.82, 2.24) is 0 Å². The van der Waals surface area contributed by atoms with Gasteiger partial charge in [0, 0.05) is 12.3 Å². The van der Waals surface area contributed by atoms with Gasteiger partial charge in [0.05, 0.1) is 0 Å². The number of benzene rings is 1. The fourth-order valence-corrected chi connectivity index (χ4v) is 5.36. The van der Waals surface area contributed by atoms with Gasteiger partial charge in [0.25, 0.3) is 0 Å². The van der Waals surface area contributed by atoms with Crippen LogP contribution in [0, 0.1) is 17.3 Å². The highest BCUT2D eigenvalue weighted by Crippen LogP contribution is 2.62. The van der Waals surface area contributed by atoms with Crippen LogP contribution < -0.4 is 0 Å². The molecule has 3 unspecified atom stereocenters. The summed E-state index contributed by atoms with van der Waals surface area (Å²) in [5, 5.41) is 0. The number of hydrogen-bond acceptors (Lipinski definition) is 1. The van der Waals surface area contributed by atoms with Gasteiger partial charge in [-0.3, -0.25) is 4.79 Å². The van der Waals surface area contributed by atoms with Gasteiger partial charge < -0.3 is 0 Å². The molecule has 0 radical (unpaired) electrons. The molecule has 3 aliphatic rings. The first-order chi connectivity index (χ1) is 11.8. The van der Waals surface area contributed by atoms with Gasteiger partial charge in [-0.2, -0.15) is 0 Å². The molecule has 0 spiro atoms. The Balaban J connectivity index is 1.69. The van der Waals surface area contributed by atoms with E-state index in [9.17, 15) is 4.79 Å². The van der Waals surface area contributed by atoms with Crippen molar-refractivity contribution in [2.75, 3.05) is 0 Å². The van der Waals surface area contributed by atoms with E-state index in [0.717, 1.165) is 12.8 Å². The molecule has 2 bridgehead atoms. The van der Waals surface area contributed by atoms with Crippen molar-refractivity contribution in [3.05, 3.63) is 35.4 Å². The summed E-state index contributed by atoms with van der Waals surface area (Å²) in [5.74, 6) is 1.95. The van der Waals surface area contributed by atoms with Gasteiger partial charge in [-0.05, 0) is 46.6 Å². The van der Waals surface area contributed by atoms with E-state index in [0.29, 0.717) is 23.5 Å². The van der Waals surface area contributed by atoms with Crippen molar-refractivity contribution >= 4 is 5.78 Å². The van der Waals surface area contributed by atoms with Crippen molar-refractivity contribution < 1.29 is 4.79 Å². The predicted octanol–water partition coefficient (Wildman–Crippen LogP) is 6.65. The van der Waals surface area contributed by atoms with Crippen LogP contribution >= 0.6 is 0 Å². The maximum atomic E-state index is 12.4. The second kappa shape index (κ2) is 6.89. The van der Waals surface area contributed by atoms with E-state index in [-0.39, 0.29) is 10.8 Å². The molecule has 0 aromatic heterocycles. The van der Waals surface area contributed by atoms with E-state index >= 15 is 0 Å². The minimum absolute atomic E-state index is 0.206. The standard InChI is InChI=1S/C24H36O/c1-6-7-8-9-14-23(2,3)18-12-10-17(11-13-18)19-15-22(25)21-16-20(19)24(21,4)5/h10-13,19-21H,6-9,14-16H2,1-5H3. The summed E-state index contributed by atoms with van der Waals surface area (Å²) in [5.41, 5.74) is 3.28. The van der Waals surface area contributed by atoms with Crippen LogP contribution in [0.15, 0.2) is 24.3 Å². The Morgan fingerprint density at radius 1 is 1.08 bits per heavy atom. The monoisotopic (exact) mass is 340 g/mol. The zero-order valence-corrected chi connectivity index (χ0v) is 16.9. The molecule has 3 fully saturated rings. The third-order valence-corrected chi connectivity index (χ3v) is 7.41. The maximum absolute atomic E-state index is 12.4. The molecule has 1 aromatic rings. The summed E-state index contributed by atoms with van der Waals surface area (Å²) in [6.45, 7) is 11.6. The van der Waals surface area contributed by atoms with Crippen LogP contribution in [-0.4, -0.2) is 5.78 Å². The summed E-state index contributed by atoms with van der Waals surface area (Å²) < 4.78 is 0. The molecule has 0 heterocycles. The van der Waals surface area contributed by atoms with Crippen molar-refractivity contribution in [3.8, 4) is 0 Å². The first-order valence-corrected chi connectivity index (χ1v) is 10.4. The predicted molar refractivity (Wildman–Crippen MR) is 106 cm³/mol. The summed E-state index contributed by atoms with van der Waals surface area (Å²) >= 11 is 0. The molecule has 0 amide bonds. The number of ketones is 1. The summed E-state index contributed by atoms with van der Waals surface area (Å²) in [4.78, 5) is 12.4. The molecular weight excluding hydrogens is 304 g/mol. The molecular formula is C24H36O. The number of unbranched alkanes of at least 4 members (excludes halogenated alkanes) is 3. The number of fused-ring (bicyclic) bond motifs is 2. The lowest BCUT2D eigenvalue weighted by Gasteiger charge is -2.59. The first kappa shape index (κ1) is 18.7. The second-order valence-corrected chi connectivity index (χ2v) is 9.81. The Labute approximate surface area is 154 Å². The summed E-state index contributed by atoms with van der Waals surface area (Å²) in [6.07, 6.45) is 8.44.